The number of halogens is 1. The van der Waals surface area contributed by atoms with Gasteiger partial charge in [0, 0.05) is 29.9 Å². The molecule has 1 N–H and O–H groups in total. The standard InChI is InChI=1S/C31H37ClN2O4/c1-31(2,3)33-30(36)26(19-22-11-7-6-8-12-22)34(21-24-13-9-10-14-25(24)32)29(35)18-16-23-15-17-27(37-4)28(20-23)38-5/h6-15,17,20,26H,16,18-19,21H2,1-5H3,(H,33,36)/t26-/m0/s1. The van der Waals surface area contributed by atoms with Crippen LogP contribution >= 0.6 is 11.6 Å². The van der Waals surface area contributed by atoms with Crippen molar-refractivity contribution in [3.8, 4) is 11.5 Å². The van der Waals surface area contributed by atoms with Gasteiger partial charge in [0.05, 0.1) is 14.2 Å². The molecular formula is C31H37ClN2O4. The predicted molar refractivity (Wildman–Crippen MR) is 152 cm³/mol. The SMILES string of the molecule is COc1ccc(CCC(=O)N(Cc2ccccc2Cl)[C@@H](Cc2ccccc2)C(=O)NC(C)(C)C)cc1OC. The summed E-state index contributed by atoms with van der Waals surface area (Å²) in [7, 11) is 3.17. The second-order valence-corrected chi connectivity index (χ2v) is 10.7. The molecule has 3 rings (SSSR count). The van der Waals surface area contributed by atoms with E-state index >= 15 is 0 Å². The highest BCUT2D eigenvalue weighted by Crippen LogP contribution is 2.28. The van der Waals surface area contributed by atoms with Crippen molar-refractivity contribution in [3.63, 3.8) is 0 Å². The molecule has 0 radical (unpaired) electrons. The largest absolute Gasteiger partial charge is 0.493 e. The fourth-order valence-electron chi connectivity index (χ4n) is 4.25. The average molecular weight is 537 g/mol. The number of nitrogens with one attached hydrogen (secondary N) is 1. The van der Waals surface area contributed by atoms with Gasteiger partial charge in [0.2, 0.25) is 11.8 Å². The Labute approximate surface area is 230 Å². The van der Waals surface area contributed by atoms with Crippen LogP contribution in [0.25, 0.3) is 0 Å². The minimum atomic E-state index is -0.717. The summed E-state index contributed by atoms with van der Waals surface area (Å²) in [5, 5.41) is 3.64. The van der Waals surface area contributed by atoms with Gasteiger partial charge in [-0.25, -0.2) is 0 Å². The Kier molecular flexibility index (Phi) is 10.2. The van der Waals surface area contributed by atoms with Gasteiger partial charge in [0.1, 0.15) is 6.04 Å². The molecule has 0 aromatic heterocycles. The number of amides is 2. The fourth-order valence-corrected chi connectivity index (χ4v) is 4.44. The number of methoxy groups -OCH3 is 2. The molecular weight excluding hydrogens is 500 g/mol. The summed E-state index contributed by atoms with van der Waals surface area (Å²) in [4.78, 5) is 29.2. The number of ether oxygens (including phenoxy) is 2. The maximum Gasteiger partial charge on any atom is 0.243 e. The van der Waals surface area contributed by atoms with Crippen LogP contribution < -0.4 is 14.8 Å². The van der Waals surface area contributed by atoms with Gasteiger partial charge in [-0.05, 0) is 62.1 Å². The second-order valence-electron chi connectivity index (χ2n) is 10.2. The Morgan fingerprint density at radius 1 is 0.895 bits per heavy atom. The van der Waals surface area contributed by atoms with E-state index in [0.29, 0.717) is 29.4 Å². The van der Waals surface area contributed by atoms with Gasteiger partial charge >= 0.3 is 0 Å². The summed E-state index contributed by atoms with van der Waals surface area (Å²) in [6.45, 7) is 6.02. The highest BCUT2D eigenvalue weighted by atomic mass is 35.5. The van der Waals surface area contributed by atoms with E-state index in [1.54, 1.807) is 25.2 Å². The van der Waals surface area contributed by atoms with Crippen LogP contribution in [0, 0.1) is 0 Å². The third kappa shape index (κ3) is 8.25. The third-order valence-corrected chi connectivity index (χ3v) is 6.51. The Bertz CT molecular complexity index is 1220. The van der Waals surface area contributed by atoms with Gasteiger partial charge in [0.25, 0.3) is 0 Å². The highest BCUT2D eigenvalue weighted by molar-refractivity contribution is 6.31. The van der Waals surface area contributed by atoms with Crippen LogP contribution in [0.5, 0.6) is 11.5 Å². The first-order valence-corrected chi connectivity index (χ1v) is 13.1. The Hall–Kier alpha value is -3.51. The van der Waals surface area contributed by atoms with Crippen molar-refractivity contribution in [2.45, 2.75) is 58.2 Å². The topological polar surface area (TPSA) is 67.9 Å². The van der Waals surface area contributed by atoms with Gasteiger partial charge in [0.15, 0.2) is 11.5 Å². The van der Waals surface area contributed by atoms with Crippen molar-refractivity contribution >= 4 is 23.4 Å². The first kappa shape index (κ1) is 29.1. The molecule has 6 nitrogen and oxygen atoms in total. The number of benzene rings is 3. The molecule has 0 aliphatic rings. The Balaban J connectivity index is 1.94. The molecule has 202 valence electrons. The van der Waals surface area contributed by atoms with Crippen LogP contribution in [-0.4, -0.2) is 42.5 Å². The van der Waals surface area contributed by atoms with E-state index in [1.807, 2.05) is 87.5 Å². The summed E-state index contributed by atoms with van der Waals surface area (Å²) >= 11 is 6.49. The first-order chi connectivity index (χ1) is 18.1. The molecule has 0 aliphatic carbocycles. The zero-order valence-electron chi connectivity index (χ0n) is 22.8. The average Bonchev–Trinajstić information content (AvgIpc) is 2.89. The molecule has 0 saturated carbocycles. The Morgan fingerprint density at radius 3 is 2.18 bits per heavy atom. The van der Waals surface area contributed by atoms with E-state index in [0.717, 1.165) is 16.7 Å². The summed E-state index contributed by atoms with van der Waals surface area (Å²) < 4.78 is 10.7. The maximum atomic E-state index is 13.9. The minimum Gasteiger partial charge on any atom is -0.493 e. The van der Waals surface area contributed by atoms with Gasteiger partial charge < -0.3 is 19.7 Å². The van der Waals surface area contributed by atoms with Crippen molar-refractivity contribution in [1.29, 1.82) is 0 Å². The lowest BCUT2D eigenvalue weighted by Crippen LogP contribution is -2.54. The molecule has 0 aliphatic heterocycles. The second kappa shape index (κ2) is 13.3. The lowest BCUT2D eigenvalue weighted by atomic mass is 9.99. The van der Waals surface area contributed by atoms with Gasteiger partial charge in [-0.2, -0.15) is 0 Å². The third-order valence-electron chi connectivity index (χ3n) is 6.14. The number of nitrogens with zero attached hydrogens (tertiary/aromatic N) is 1. The lowest BCUT2D eigenvalue weighted by molar-refractivity contribution is -0.141. The molecule has 0 bridgehead atoms. The van der Waals surface area contributed by atoms with Crippen molar-refractivity contribution in [1.82, 2.24) is 10.2 Å². The van der Waals surface area contributed by atoms with Gasteiger partial charge in [-0.15, -0.1) is 0 Å². The smallest absolute Gasteiger partial charge is 0.243 e. The normalized spacial score (nSPS) is 11.9. The summed E-state index contributed by atoms with van der Waals surface area (Å²) in [6, 6.07) is 22.1. The van der Waals surface area contributed by atoms with Crippen molar-refractivity contribution in [2.75, 3.05) is 14.2 Å². The molecule has 7 heteroatoms. The fraction of sp³-hybridized carbons (Fsp3) is 0.355. The van der Waals surface area contributed by atoms with Gasteiger partial charge in [-0.3, -0.25) is 9.59 Å². The molecule has 0 unspecified atom stereocenters. The quantitative estimate of drug-likeness (QED) is 0.334. The molecule has 1 atom stereocenters. The van der Waals surface area contributed by atoms with Gasteiger partial charge in [-0.1, -0.05) is 66.2 Å². The zero-order valence-corrected chi connectivity index (χ0v) is 23.5. The van der Waals surface area contributed by atoms with E-state index in [-0.39, 0.29) is 24.8 Å². The van der Waals surface area contributed by atoms with Crippen molar-refractivity contribution in [3.05, 3.63) is 94.5 Å². The van der Waals surface area contributed by atoms with E-state index in [1.165, 1.54) is 0 Å². The van der Waals surface area contributed by atoms with Crippen LogP contribution in [0.3, 0.4) is 0 Å². The number of aryl methyl sites for hydroxylation is 1. The summed E-state index contributed by atoms with van der Waals surface area (Å²) in [5.41, 5.74) is 2.24. The van der Waals surface area contributed by atoms with E-state index < -0.39 is 11.6 Å². The predicted octanol–water partition coefficient (Wildman–Crippen LogP) is 5.84. The van der Waals surface area contributed by atoms with E-state index in [4.69, 9.17) is 21.1 Å². The first-order valence-electron chi connectivity index (χ1n) is 12.7. The lowest BCUT2D eigenvalue weighted by Gasteiger charge is -2.34. The monoisotopic (exact) mass is 536 g/mol. The van der Waals surface area contributed by atoms with Crippen LogP contribution in [0.1, 0.15) is 43.9 Å². The van der Waals surface area contributed by atoms with Crippen molar-refractivity contribution in [2.24, 2.45) is 0 Å². The van der Waals surface area contributed by atoms with Crippen LogP contribution in [0.15, 0.2) is 72.8 Å². The molecule has 3 aromatic carbocycles. The number of carbonyl (C=O) groups excluding carboxylic acids is 2. The molecule has 38 heavy (non-hydrogen) atoms. The van der Waals surface area contributed by atoms with Crippen LogP contribution in [0.4, 0.5) is 0 Å². The molecule has 3 aromatic rings. The highest BCUT2D eigenvalue weighted by Gasteiger charge is 2.32. The molecule has 0 fully saturated rings. The molecule has 2 amide bonds. The number of hydrogen-bond acceptors (Lipinski definition) is 4. The molecule has 0 spiro atoms. The number of hydrogen-bond donors (Lipinski definition) is 1. The minimum absolute atomic E-state index is 0.135. The summed E-state index contributed by atoms with van der Waals surface area (Å²) in [5.74, 6) is 0.902. The maximum absolute atomic E-state index is 13.9. The van der Waals surface area contributed by atoms with E-state index in [9.17, 15) is 9.59 Å². The van der Waals surface area contributed by atoms with E-state index in [2.05, 4.69) is 5.32 Å². The summed E-state index contributed by atoms with van der Waals surface area (Å²) in [6.07, 6.45) is 1.08. The zero-order chi connectivity index (χ0) is 27.7. The number of rotatable bonds is 11. The van der Waals surface area contributed by atoms with Crippen LogP contribution in [0.2, 0.25) is 5.02 Å². The molecule has 0 heterocycles. The van der Waals surface area contributed by atoms with Crippen LogP contribution in [-0.2, 0) is 29.0 Å². The molecule has 0 saturated heterocycles. The Morgan fingerprint density at radius 2 is 1.55 bits per heavy atom. The number of carbonyl (C=O) groups is 2. The van der Waals surface area contributed by atoms with Crippen molar-refractivity contribution < 1.29 is 19.1 Å².